The average Bonchev–Trinajstić information content (AvgIpc) is 2.58. The minimum Gasteiger partial charge on any atom is -0.493 e. The Labute approximate surface area is 171 Å². The molecule has 0 radical (unpaired) electrons. The fraction of sp³-hybridized carbons (Fsp3) is 0.125. The van der Waals surface area contributed by atoms with E-state index in [0.29, 0.717) is 32.6 Å². The van der Waals surface area contributed by atoms with Gasteiger partial charge in [-0.15, -0.1) is 0 Å². The monoisotopic (exact) mass is 501 g/mol. The van der Waals surface area contributed by atoms with Crippen LogP contribution in [0, 0.1) is 10.1 Å². The van der Waals surface area contributed by atoms with Gasteiger partial charge in [-0.1, -0.05) is 0 Å². The first-order valence-electron chi connectivity index (χ1n) is 7.30. The minimum atomic E-state index is -0.502. The highest BCUT2D eigenvalue weighted by molar-refractivity contribution is 9.11. The van der Waals surface area contributed by atoms with Crippen LogP contribution in [0.3, 0.4) is 0 Å². The minimum absolute atomic E-state index is 0.0587. The SMILES string of the molecule is CCOc1ccc(C(=O)NC(=S)Nc2ccc([N+](=O)[O-])cc2Br)cc1Br. The second-order valence-corrected chi connectivity index (χ2v) is 7.02. The number of carbonyl (C=O) groups is 1. The van der Waals surface area contributed by atoms with E-state index >= 15 is 0 Å². The Morgan fingerprint density at radius 3 is 2.54 bits per heavy atom. The zero-order chi connectivity index (χ0) is 19.3. The van der Waals surface area contributed by atoms with Gasteiger partial charge in [0, 0.05) is 22.2 Å². The molecule has 0 saturated heterocycles. The highest BCUT2D eigenvalue weighted by Crippen LogP contribution is 2.27. The molecule has 0 aliphatic carbocycles. The Kier molecular flexibility index (Phi) is 7.06. The number of rotatable bonds is 5. The summed E-state index contributed by atoms with van der Waals surface area (Å²) >= 11 is 11.7. The average molecular weight is 503 g/mol. The molecule has 0 heterocycles. The second-order valence-electron chi connectivity index (χ2n) is 4.91. The molecule has 10 heteroatoms. The normalized spacial score (nSPS) is 10.1. The van der Waals surface area contributed by atoms with Gasteiger partial charge < -0.3 is 10.1 Å². The van der Waals surface area contributed by atoms with Crippen molar-refractivity contribution in [1.82, 2.24) is 5.32 Å². The quantitative estimate of drug-likeness (QED) is 0.351. The molecule has 1 amide bonds. The third-order valence-corrected chi connectivity index (χ3v) is 4.61. The number of nitro benzene ring substituents is 1. The summed E-state index contributed by atoms with van der Waals surface area (Å²) in [5.74, 6) is 0.240. The van der Waals surface area contributed by atoms with Crippen molar-refractivity contribution in [1.29, 1.82) is 0 Å². The Balaban J connectivity index is 2.04. The lowest BCUT2D eigenvalue weighted by Gasteiger charge is -2.12. The molecule has 0 saturated carbocycles. The number of amides is 1. The summed E-state index contributed by atoms with van der Waals surface area (Å²) in [5, 5.41) is 16.2. The molecule has 0 aliphatic heterocycles. The van der Waals surface area contributed by atoms with Crippen LogP contribution in [0.2, 0.25) is 0 Å². The predicted molar refractivity (Wildman–Crippen MR) is 110 cm³/mol. The summed E-state index contributed by atoms with van der Waals surface area (Å²) in [5.41, 5.74) is 0.831. The van der Waals surface area contributed by atoms with Crippen LogP contribution in [0.1, 0.15) is 17.3 Å². The summed E-state index contributed by atoms with van der Waals surface area (Å²) in [6.07, 6.45) is 0. The fourth-order valence-corrected chi connectivity index (χ4v) is 3.12. The third-order valence-electron chi connectivity index (χ3n) is 3.13. The number of ether oxygens (including phenoxy) is 1. The van der Waals surface area contributed by atoms with Crippen molar-refractivity contribution in [2.24, 2.45) is 0 Å². The van der Waals surface area contributed by atoms with Crippen molar-refractivity contribution in [3.05, 3.63) is 61.0 Å². The molecule has 136 valence electrons. The molecule has 2 aromatic carbocycles. The number of carbonyl (C=O) groups excluding carboxylic acids is 1. The highest BCUT2D eigenvalue weighted by atomic mass is 79.9. The molecule has 0 spiro atoms. The van der Waals surface area contributed by atoms with Gasteiger partial charge in [0.05, 0.1) is 21.7 Å². The van der Waals surface area contributed by atoms with Crippen molar-refractivity contribution in [3.8, 4) is 5.75 Å². The largest absolute Gasteiger partial charge is 0.493 e. The molecule has 2 N–H and O–H groups in total. The van der Waals surface area contributed by atoms with Crippen LogP contribution in [0.25, 0.3) is 0 Å². The van der Waals surface area contributed by atoms with E-state index in [9.17, 15) is 14.9 Å². The van der Waals surface area contributed by atoms with Crippen molar-refractivity contribution >= 4 is 66.5 Å². The van der Waals surface area contributed by atoms with Crippen molar-refractivity contribution in [2.45, 2.75) is 6.92 Å². The number of nitrogens with zero attached hydrogens (tertiary/aromatic N) is 1. The first-order valence-corrected chi connectivity index (χ1v) is 9.30. The lowest BCUT2D eigenvalue weighted by Crippen LogP contribution is -2.34. The number of halogens is 2. The van der Waals surface area contributed by atoms with E-state index in [-0.39, 0.29) is 10.8 Å². The molecule has 0 unspecified atom stereocenters. The summed E-state index contributed by atoms with van der Waals surface area (Å²) in [6, 6.07) is 9.11. The van der Waals surface area contributed by atoms with Crippen LogP contribution < -0.4 is 15.4 Å². The van der Waals surface area contributed by atoms with Crippen LogP contribution in [-0.4, -0.2) is 22.5 Å². The molecular weight excluding hydrogens is 490 g/mol. The molecule has 2 aromatic rings. The lowest BCUT2D eigenvalue weighted by molar-refractivity contribution is -0.384. The van der Waals surface area contributed by atoms with Crippen molar-refractivity contribution < 1.29 is 14.5 Å². The van der Waals surface area contributed by atoms with E-state index in [1.54, 1.807) is 18.2 Å². The lowest BCUT2D eigenvalue weighted by atomic mass is 10.2. The molecule has 0 aromatic heterocycles. The fourth-order valence-electron chi connectivity index (χ4n) is 1.96. The van der Waals surface area contributed by atoms with Gasteiger partial charge in [0.15, 0.2) is 5.11 Å². The maximum atomic E-state index is 12.3. The predicted octanol–water partition coefficient (Wildman–Crippen LogP) is 4.65. The molecule has 0 aliphatic rings. The van der Waals surface area contributed by atoms with Crippen molar-refractivity contribution in [2.75, 3.05) is 11.9 Å². The number of anilines is 1. The maximum absolute atomic E-state index is 12.3. The smallest absolute Gasteiger partial charge is 0.270 e. The Bertz CT molecular complexity index is 877. The highest BCUT2D eigenvalue weighted by Gasteiger charge is 2.13. The summed E-state index contributed by atoms with van der Waals surface area (Å²) in [4.78, 5) is 22.5. The molecule has 0 bridgehead atoms. The topological polar surface area (TPSA) is 93.5 Å². The first kappa shape index (κ1) is 20.3. The van der Waals surface area contributed by atoms with Crippen molar-refractivity contribution in [3.63, 3.8) is 0 Å². The molecule has 7 nitrogen and oxygen atoms in total. The third kappa shape index (κ3) is 5.23. The summed E-state index contributed by atoms with van der Waals surface area (Å²) in [7, 11) is 0. The Hall–Kier alpha value is -2.04. The maximum Gasteiger partial charge on any atom is 0.270 e. The van der Waals surface area contributed by atoms with E-state index in [2.05, 4.69) is 42.5 Å². The zero-order valence-electron chi connectivity index (χ0n) is 13.4. The van der Waals surface area contributed by atoms with E-state index in [1.165, 1.54) is 18.2 Å². The molecule has 2 rings (SSSR count). The van der Waals surface area contributed by atoms with Crippen LogP contribution in [0.5, 0.6) is 5.75 Å². The molecule has 26 heavy (non-hydrogen) atoms. The number of non-ortho nitro benzene ring substituents is 1. The summed E-state index contributed by atoms with van der Waals surface area (Å²) in [6.45, 7) is 2.38. The first-order chi connectivity index (χ1) is 12.3. The van der Waals surface area contributed by atoms with E-state index < -0.39 is 10.8 Å². The van der Waals surface area contributed by atoms with Gasteiger partial charge >= 0.3 is 0 Å². The van der Waals surface area contributed by atoms with Gasteiger partial charge in [0.25, 0.3) is 11.6 Å². The van der Waals surface area contributed by atoms with Gasteiger partial charge in [-0.3, -0.25) is 20.2 Å². The number of thiocarbonyl (C=S) groups is 1. The van der Waals surface area contributed by atoms with E-state index in [0.717, 1.165) is 0 Å². The molecular formula is C16H13Br2N3O4S. The van der Waals surface area contributed by atoms with Crippen LogP contribution in [0.4, 0.5) is 11.4 Å². The number of nitro groups is 1. The van der Waals surface area contributed by atoms with Gasteiger partial charge in [0.1, 0.15) is 5.75 Å². The molecule has 0 fully saturated rings. The van der Waals surface area contributed by atoms with E-state index in [4.69, 9.17) is 17.0 Å². The van der Waals surface area contributed by atoms with Crippen LogP contribution in [0.15, 0.2) is 45.3 Å². The van der Waals surface area contributed by atoms with Gasteiger partial charge in [-0.2, -0.15) is 0 Å². The number of benzene rings is 2. The van der Waals surface area contributed by atoms with Crippen LogP contribution >= 0.6 is 44.1 Å². The molecule has 0 atom stereocenters. The number of hydrogen-bond acceptors (Lipinski definition) is 5. The van der Waals surface area contributed by atoms with Gasteiger partial charge in [-0.05, 0) is 75.3 Å². The van der Waals surface area contributed by atoms with Crippen LogP contribution in [-0.2, 0) is 0 Å². The number of hydrogen-bond donors (Lipinski definition) is 2. The van der Waals surface area contributed by atoms with Gasteiger partial charge in [0.2, 0.25) is 0 Å². The Morgan fingerprint density at radius 2 is 1.96 bits per heavy atom. The number of nitrogens with one attached hydrogen (secondary N) is 2. The van der Waals surface area contributed by atoms with E-state index in [1.807, 2.05) is 6.92 Å². The Morgan fingerprint density at radius 1 is 1.23 bits per heavy atom. The van der Waals surface area contributed by atoms with Gasteiger partial charge in [-0.25, -0.2) is 0 Å². The summed E-state index contributed by atoms with van der Waals surface area (Å²) < 4.78 is 6.51. The standard InChI is InChI=1S/C16H13Br2N3O4S/c1-2-25-14-6-3-9(7-12(14)18)15(22)20-16(26)19-13-5-4-10(21(23)24)8-11(13)17/h3-8H,2H2,1H3,(H2,19,20,22,26). The second kappa shape index (κ2) is 9.06. The zero-order valence-corrected chi connectivity index (χ0v) is 17.4.